The number of benzene rings is 1. The molecule has 0 amide bonds. The third-order valence-corrected chi connectivity index (χ3v) is 4.83. The van der Waals surface area contributed by atoms with E-state index in [4.69, 9.17) is 0 Å². The summed E-state index contributed by atoms with van der Waals surface area (Å²) in [7, 11) is 0. The topological polar surface area (TPSA) is 15.3 Å². The van der Waals surface area contributed by atoms with Crippen LogP contribution in [0.4, 0.5) is 0 Å². The fourth-order valence-corrected chi connectivity index (χ4v) is 3.30. The van der Waals surface area contributed by atoms with Crippen LogP contribution in [0.5, 0.6) is 0 Å². The Morgan fingerprint density at radius 1 is 1.14 bits per heavy atom. The lowest BCUT2D eigenvalue weighted by molar-refractivity contribution is 0.151. The predicted octanol–water partition coefficient (Wildman–Crippen LogP) is 4.05. The molecule has 0 saturated carbocycles. The Balaban J connectivity index is 1.88. The molecular formula is C19H32N2. The summed E-state index contributed by atoms with van der Waals surface area (Å²) in [6.45, 7) is 12.7. The summed E-state index contributed by atoms with van der Waals surface area (Å²) in [6.07, 6.45) is 3.94. The van der Waals surface area contributed by atoms with E-state index >= 15 is 0 Å². The Hall–Kier alpha value is -0.860. The zero-order chi connectivity index (χ0) is 15.1. The summed E-state index contributed by atoms with van der Waals surface area (Å²) in [5, 5.41) is 3.53. The Morgan fingerprint density at radius 2 is 1.81 bits per heavy atom. The van der Waals surface area contributed by atoms with Crippen LogP contribution in [0.1, 0.15) is 51.2 Å². The fourth-order valence-electron chi connectivity index (χ4n) is 3.30. The van der Waals surface area contributed by atoms with Crippen molar-refractivity contribution in [3.8, 4) is 0 Å². The van der Waals surface area contributed by atoms with Crippen LogP contribution in [0.3, 0.4) is 0 Å². The monoisotopic (exact) mass is 288 g/mol. The van der Waals surface area contributed by atoms with Gasteiger partial charge in [0.25, 0.3) is 0 Å². The molecule has 0 radical (unpaired) electrons. The number of nitrogens with one attached hydrogen (secondary N) is 1. The molecular weight excluding hydrogens is 256 g/mol. The highest BCUT2D eigenvalue weighted by molar-refractivity contribution is 5.27. The predicted molar refractivity (Wildman–Crippen MR) is 91.3 cm³/mol. The van der Waals surface area contributed by atoms with E-state index in [0.717, 1.165) is 31.5 Å². The van der Waals surface area contributed by atoms with Gasteiger partial charge in [0.05, 0.1) is 0 Å². The highest BCUT2D eigenvalue weighted by atomic mass is 15.1. The fraction of sp³-hybridized carbons (Fsp3) is 0.684. The van der Waals surface area contributed by atoms with E-state index in [2.05, 4.69) is 55.3 Å². The highest BCUT2D eigenvalue weighted by Crippen LogP contribution is 2.25. The summed E-state index contributed by atoms with van der Waals surface area (Å²) in [6, 6.07) is 8.92. The lowest BCUT2D eigenvalue weighted by atomic mass is 9.86. The molecule has 1 aromatic rings. The molecule has 0 bridgehead atoms. The third-order valence-electron chi connectivity index (χ3n) is 4.83. The molecule has 0 spiro atoms. The summed E-state index contributed by atoms with van der Waals surface area (Å²) in [4.78, 5) is 2.64. The lowest BCUT2D eigenvalue weighted by Gasteiger charge is -2.34. The van der Waals surface area contributed by atoms with E-state index in [1.165, 1.54) is 43.5 Å². The number of nitrogens with zero attached hydrogens (tertiary/aromatic N) is 1. The smallest absolute Gasteiger partial charge is 0.0236 e. The van der Waals surface area contributed by atoms with Crippen molar-refractivity contribution in [2.45, 2.75) is 53.1 Å². The minimum atomic E-state index is 0.845. The summed E-state index contributed by atoms with van der Waals surface area (Å²) >= 11 is 0. The number of hydrogen-bond acceptors (Lipinski definition) is 2. The third kappa shape index (κ3) is 5.12. The van der Waals surface area contributed by atoms with Gasteiger partial charge in [-0.05, 0) is 61.9 Å². The van der Waals surface area contributed by atoms with Gasteiger partial charge in [0.1, 0.15) is 0 Å². The van der Waals surface area contributed by atoms with Crippen molar-refractivity contribution < 1.29 is 0 Å². The van der Waals surface area contributed by atoms with Gasteiger partial charge in [-0.2, -0.15) is 0 Å². The van der Waals surface area contributed by atoms with Crippen LogP contribution >= 0.6 is 0 Å². The second-order valence-electron chi connectivity index (χ2n) is 6.80. The van der Waals surface area contributed by atoms with Crippen molar-refractivity contribution in [1.29, 1.82) is 0 Å². The highest BCUT2D eigenvalue weighted by Gasteiger charge is 2.21. The molecule has 0 aliphatic carbocycles. The van der Waals surface area contributed by atoms with Crippen LogP contribution in [0.15, 0.2) is 24.3 Å². The van der Waals surface area contributed by atoms with E-state index in [1.807, 2.05) is 0 Å². The number of hydrogen-bond donors (Lipinski definition) is 1. The number of piperidine rings is 1. The molecule has 1 aromatic carbocycles. The lowest BCUT2D eigenvalue weighted by Crippen LogP contribution is -2.35. The van der Waals surface area contributed by atoms with Gasteiger partial charge in [-0.25, -0.2) is 0 Å². The summed E-state index contributed by atoms with van der Waals surface area (Å²) in [5.41, 5.74) is 2.97. The van der Waals surface area contributed by atoms with Crippen LogP contribution in [0.2, 0.25) is 0 Å². The maximum absolute atomic E-state index is 3.53. The Kier molecular flexibility index (Phi) is 6.72. The maximum Gasteiger partial charge on any atom is 0.0236 e. The van der Waals surface area contributed by atoms with E-state index in [9.17, 15) is 0 Å². The molecule has 2 nitrogen and oxygen atoms in total. The Morgan fingerprint density at radius 3 is 2.43 bits per heavy atom. The van der Waals surface area contributed by atoms with Crippen LogP contribution in [0, 0.1) is 11.8 Å². The average molecular weight is 288 g/mol. The molecule has 2 heteroatoms. The van der Waals surface area contributed by atoms with Crippen molar-refractivity contribution in [3.63, 3.8) is 0 Å². The zero-order valence-corrected chi connectivity index (χ0v) is 14.1. The van der Waals surface area contributed by atoms with Crippen molar-refractivity contribution in [3.05, 3.63) is 35.4 Å². The van der Waals surface area contributed by atoms with Gasteiger partial charge in [-0.15, -0.1) is 0 Å². The molecule has 0 aromatic heterocycles. The van der Waals surface area contributed by atoms with Gasteiger partial charge >= 0.3 is 0 Å². The Labute approximate surface area is 130 Å². The molecule has 1 fully saturated rings. The molecule has 118 valence electrons. The number of likely N-dealkylation sites (tertiary alicyclic amines) is 1. The molecule has 2 rings (SSSR count). The van der Waals surface area contributed by atoms with E-state index in [0.29, 0.717) is 0 Å². The maximum atomic E-state index is 3.53. The van der Waals surface area contributed by atoms with Gasteiger partial charge < -0.3 is 5.32 Å². The van der Waals surface area contributed by atoms with E-state index < -0.39 is 0 Å². The minimum absolute atomic E-state index is 0.845. The van der Waals surface area contributed by atoms with Gasteiger partial charge in [0, 0.05) is 13.1 Å². The van der Waals surface area contributed by atoms with E-state index in [1.54, 1.807) is 0 Å². The van der Waals surface area contributed by atoms with Crippen LogP contribution < -0.4 is 5.32 Å². The van der Waals surface area contributed by atoms with Gasteiger partial charge in [0.2, 0.25) is 0 Å². The summed E-state index contributed by atoms with van der Waals surface area (Å²) in [5.74, 6) is 1.78. The summed E-state index contributed by atoms with van der Waals surface area (Å²) < 4.78 is 0. The van der Waals surface area contributed by atoms with Crippen molar-refractivity contribution in [1.82, 2.24) is 10.2 Å². The van der Waals surface area contributed by atoms with Crippen molar-refractivity contribution in [2.24, 2.45) is 11.8 Å². The zero-order valence-electron chi connectivity index (χ0n) is 14.1. The quantitative estimate of drug-likeness (QED) is 0.761. The first kappa shape index (κ1) is 16.5. The number of rotatable bonds is 7. The van der Waals surface area contributed by atoms with Crippen molar-refractivity contribution in [2.75, 3.05) is 19.6 Å². The minimum Gasteiger partial charge on any atom is -0.313 e. The largest absolute Gasteiger partial charge is 0.313 e. The van der Waals surface area contributed by atoms with Crippen molar-refractivity contribution >= 4 is 0 Å². The van der Waals surface area contributed by atoms with Crippen LogP contribution in [-0.4, -0.2) is 24.5 Å². The molecule has 1 aliphatic rings. The van der Waals surface area contributed by atoms with E-state index in [-0.39, 0.29) is 0 Å². The SMILES string of the molecule is CCCNCc1ccccc1CN1CCC(C(C)C)CC1. The molecule has 0 atom stereocenters. The molecule has 1 saturated heterocycles. The normalized spacial score (nSPS) is 17.5. The van der Waals surface area contributed by atoms with Crippen LogP contribution in [-0.2, 0) is 13.1 Å². The van der Waals surface area contributed by atoms with Crippen LogP contribution in [0.25, 0.3) is 0 Å². The standard InChI is InChI=1S/C19H32N2/c1-4-11-20-14-18-7-5-6-8-19(18)15-21-12-9-17(10-13-21)16(2)3/h5-8,16-17,20H,4,9-15H2,1-3H3. The second-order valence-corrected chi connectivity index (χ2v) is 6.80. The van der Waals surface area contributed by atoms with Gasteiger partial charge in [0.15, 0.2) is 0 Å². The molecule has 1 N–H and O–H groups in total. The Bertz CT molecular complexity index is 406. The van der Waals surface area contributed by atoms with Gasteiger partial charge in [-0.3, -0.25) is 4.90 Å². The molecule has 0 unspecified atom stereocenters. The first-order valence-electron chi connectivity index (χ1n) is 8.70. The first-order valence-corrected chi connectivity index (χ1v) is 8.70. The molecule has 21 heavy (non-hydrogen) atoms. The average Bonchev–Trinajstić information content (AvgIpc) is 2.50. The molecule has 1 aliphatic heterocycles. The van der Waals surface area contributed by atoms with Gasteiger partial charge in [-0.1, -0.05) is 45.0 Å². The first-order chi connectivity index (χ1) is 10.2. The molecule has 1 heterocycles. The second kappa shape index (κ2) is 8.55.